The Morgan fingerprint density at radius 3 is 2.90 bits per heavy atom. The Hall–Kier alpha value is -1.11. The SMILES string of the molecule is CCC(C(=O)NCCN1CCOCC1)n1cc(Cl)cn1. The van der Waals surface area contributed by atoms with Gasteiger partial charge in [0, 0.05) is 32.4 Å². The van der Waals surface area contributed by atoms with Gasteiger partial charge in [-0.25, -0.2) is 0 Å². The second-order valence-electron chi connectivity index (χ2n) is 4.81. The second kappa shape index (κ2) is 7.61. The largest absolute Gasteiger partial charge is 0.379 e. The highest BCUT2D eigenvalue weighted by Gasteiger charge is 2.19. The van der Waals surface area contributed by atoms with E-state index in [0.717, 1.165) is 32.8 Å². The fraction of sp³-hybridized carbons (Fsp3) is 0.692. The van der Waals surface area contributed by atoms with Crippen molar-refractivity contribution in [3.8, 4) is 0 Å². The van der Waals surface area contributed by atoms with Crippen LogP contribution in [-0.4, -0.2) is 60.0 Å². The van der Waals surface area contributed by atoms with Gasteiger partial charge in [-0.3, -0.25) is 14.4 Å². The molecule has 1 aromatic rings. The molecule has 1 fully saturated rings. The van der Waals surface area contributed by atoms with E-state index in [4.69, 9.17) is 16.3 Å². The number of carbonyl (C=O) groups is 1. The van der Waals surface area contributed by atoms with Crippen LogP contribution in [0.3, 0.4) is 0 Å². The van der Waals surface area contributed by atoms with Gasteiger partial charge in [-0.15, -0.1) is 0 Å². The number of nitrogens with one attached hydrogen (secondary N) is 1. The van der Waals surface area contributed by atoms with Gasteiger partial charge in [-0.05, 0) is 6.42 Å². The molecule has 2 rings (SSSR count). The highest BCUT2D eigenvalue weighted by Crippen LogP contribution is 2.14. The summed E-state index contributed by atoms with van der Waals surface area (Å²) in [7, 11) is 0. The smallest absolute Gasteiger partial charge is 0.244 e. The fourth-order valence-corrected chi connectivity index (χ4v) is 2.40. The van der Waals surface area contributed by atoms with Crippen molar-refractivity contribution >= 4 is 17.5 Å². The topological polar surface area (TPSA) is 59.4 Å². The zero-order chi connectivity index (χ0) is 14.4. The summed E-state index contributed by atoms with van der Waals surface area (Å²) in [4.78, 5) is 14.5. The normalized spacial score (nSPS) is 17.9. The molecule has 1 atom stereocenters. The summed E-state index contributed by atoms with van der Waals surface area (Å²) in [5.74, 6) is -0.0134. The minimum atomic E-state index is -0.299. The zero-order valence-electron chi connectivity index (χ0n) is 11.7. The van der Waals surface area contributed by atoms with Gasteiger partial charge in [-0.1, -0.05) is 18.5 Å². The summed E-state index contributed by atoms with van der Waals surface area (Å²) >= 11 is 5.84. The number of rotatable bonds is 6. The van der Waals surface area contributed by atoms with E-state index in [2.05, 4.69) is 15.3 Å². The van der Waals surface area contributed by atoms with E-state index in [1.54, 1.807) is 17.1 Å². The molecule has 0 aromatic carbocycles. The number of morpholine rings is 1. The number of carbonyl (C=O) groups excluding carboxylic acids is 1. The van der Waals surface area contributed by atoms with Crippen molar-refractivity contribution in [2.75, 3.05) is 39.4 Å². The molecular weight excluding hydrogens is 280 g/mol. The lowest BCUT2D eigenvalue weighted by Crippen LogP contribution is -2.42. The van der Waals surface area contributed by atoms with E-state index >= 15 is 0 Å². The van der Waals surface area contributed by atoms with Gasteiger partial charge < -0.3 is 10.1 Å². The summed E-state index contributed by atoms with van der Waals surface area (Å²) in [6.07, 6.45) is 3.91. The summed E-state index contributed by atoms with van der Waals surface area (Å²) in [5.41, 5.74) is 0. The lowest BCUT2D eigenvalue weighted by atomic mass is 10.2. The molecule has 1 aliphatic heterocycles. The van der Waals surface area contributed by atoms with Crippen molar-refractivity contribution in [2.45, 2.75) is 19.4 Å². The van der Waals surface area contributed by atoms with Gasteiger partial charge in [0.05, 0.1) is 24.4 Å². The van der Waals surface area contributed by atoms with E-state index in [9.17, 15) is 4.79 Å². The molecule has 2 heterocycles. The lowest BCUT2D eigenvalue weighted by molar-refractivity contribution is -0.124. The summed E-state index contributed by atoms with van der Waals surface area (Å²) in [6, 6.07) is -0.299. The summed E-state index contributed by atoms with van der Waals surface area (Å²) < 4.78 is 6.91. The highest BCUT2D eigenvalue weighted by atomic mass is 35.5. The third-order valence-electron chi connectivity index (χ3n) is 3.41. The van der Waals surface area contributed by atoms with Crippen LogP contribution in [0.1, 0.15) is 19.4 Å². The Morgan fingerprint density at radius 1 is 1.55 bits per heavy atom. The summed E-state index contributed by atoms with van der Waals surface area (Å²) in [5, 5.41) is 7.61. The number of hydrogen-bond acceptors (Lipinski definition) is 4. The second-order valence-corrected chi connectivity index (χ2v) is 5.24. The maximum atomic E-state index is 12.2. The maximum absolute atomic E-state index is 12.2. The van der Waals surface area contributed by atoms with E-state index in [0.29, 0.717) is 18.0 Å². The molecule has 1 N–H and O–H groups in total. The average Bonchev–Trinajstić information content (AvgIpc) is 2.87. The molecule has 0 aliphatic carbocycles. The van der Waals surface area contributed by atoms with Crippen molar-refractivity contribution < 1.29 is 9.53 Å². The van der Waals surface area contributed by atoms with Crippen LogP contribution in [0.2, 0.25) is 5.02 Å². The van der Waals surface area contributed by atoms with E-state index in [1.807, 2.05) is 6.92 Å². The standard InChI is InChI=1S/C13H21ClN4O2/c1-2-12(18-10-11(14)9-16-18)13(19)15-3-4-17-5-7-20-8-6-17/h9-10,12H,2-8H2,1H3,(H,15,19). The third kappa shape index (κ3) is 4.19. The first kappa shape index (κ1) is 15.3. The van der Waals surface area contributed by atoms with Gasteiger partial charge >= 0.3 is 0 Å². The minimum absolute atomic E-state index is 0.0134. The van der Waals surface area contributed by atoms with Crippen LogP contribution in [0.25, 0.3) is 0 Å². The molecule has 0 radical (unpaired) electrons. The number of amides is 1. The first-order valence-electron chi connectivity index (χ1n) is 6.98. The third-order valence-corrected chi connectivity index (χ3v) is 3.60. The van der Waals surface area contributed by atoms with E-state index < -0.39 is 0 Å². The van der Waals surface area contributed by atoms with Gasteiger partial charge in [0.15, 0.2) is 0 Å². The monoisotopic (exact) mass is 300 g/mol. The number of aromatic nitrogens is 2. The Kier molecular flexibility index (Phi) is 5.82. The molecule has 0 bridgehead atoms. The molecule has 7 heteroatoms. The number of hydrogen-bond donors (Lipinski definition) is 1. The lowest BCUT2D eigenvalue weighted by Gasteiger charge is -2.26. The molecule has 1 aromatic heterocycles. The van der Waals surface area contributed by atoms with Gasteiger partial charge in [0.1, 0.15) is 6.04 Å². The number of nitrogens with zero attached hydrogens (tertiary/aromatic N) is 3. The van der Waals surface area contributed by atoms with Crippen molar-refractivity contribution in [3.63, 3.8) is 0 Å². The Balaban J connectivity index is 1.77. The quantitative estimate of drug-likeness (QED) is 0.849. The molecule has 1 saturated heterocycles. The summed E-state index contributed by atoms with van der Waals surface area (Å²) in [6.45, 7) is 6.87. The molecule has 1 unspecified atom stereocenters. The van der Waals surface area contributed by atoms with Crippen LogP contribution in [-0.2, 0) is 9.53 Å². The van der Waals surface area contributed by atoms with Crippen LogP contribution in [0, 0.1) is 0 Å². The van der Waals surface area contributed by atoms with E-state index in [-0.39, 0.29) is 11.9 Å². The van der Waals surface area contributed by atoms with Crippen molar-refractivity contribution in [3.05, 3.63) is 17.4 Å². The molecule has 0 spiro atoms. The molecule has 112 valence electrons. The fourth-order valence-electron chi connectivity index (χ4n) is 2.26. The number of ether oxygens (including phenoxy) is 1. The Bertz CT molecular complexity index is 432. The van der Waals surface area contributed by atoms with E-state index in [1.165, 1.54) is 0 Å². The molecule has 6 nitrogen and oxygen atoms in total. The zero-order valence-corrected chi connectivity index (χ0v) is 12.5. The molecule has 0 saturated carbocycles. The molecular formula is C13H21ClN4O2. The van der Waals surface area contributed by atoms with Crippen molar-refractivity contribution in [1.82, 2.24) is 20.0 Å². The van der Waals surface area contributed by atoms with Gasteiger partial charge in [0.2, 0.25) is 5.91 Å². The van der Waals surface area contributed by atoms with Crippen LogP contribution in [0.5, 0.6) is 0 Å². The molecule has 20 heavy (non-hydrogen) atoms. The van der Waals surface area contributed by atoms with Gasteiger partial charge in [-0.2, -0.15) is 5.10 Å². The van der Waals surface area contributed by atoms with Crippen molar-refractivity contribution in [1.29, 1.82) is 0 Å². The van der Waals surface area contributed by atoms with Crippen LogP contribution in [0.4, 0.5) is 0 Å². The first-order chi connectivity index (χ1) is 9.70. The van der Waals surface area contributed by atoms with Crippen LogP contribution < -0.4 is 5.32 Å². The van der Waals surface area contributed by atoms with Crippen LogP contribution in [0.15, 0.2) is 12.4 Å². The Morgan fingerprint density at radius 2 is 2.30 bits per heavy atom. The first-order valence-corrected chi connectivity index (χ1v) is 7.36. The van der Waals surface area contributed by atoms with Gasteiger partial charge in [0.25, 0.3) is 0 Å². The molecule has 1 amide bonds. The van der Waals surface area contributed by atoms with Crippen molar-refractivity contribution in [2.24, 2.45) is 0 Å². The predicted octanol–water partition coefficient (Wildman–Crippen LogP) is 0.936. The van der Waals surface area contributed by atoms with Crippen LogP contribution >= 0.6 is 11.6 Å². The number of halogens is 1. The average molecular weight is 301 g/mol. The predicted molar refractivity (Wildman–Crippen MR) is 76.8 cm³/mol. The minimum Gasteiger partial charge on any atom is -0.379 e. The maximum Gasteiger partial charge on any atom is 0.244 e. The highest BCUT2D eigenvalue weighted by molar-refractivity contribution is 6.30. The molecule has 1 aliphatic rings. The Labute approximate surface area is 124 Å².